The minimum Gasteiger partial charge on any atom is -0.495 e. The van der Waals surface area contributed by atoms with Gasteiger partial charge in [0.25, 0.3) is 0 Å². The average Bonchev–Trinajstić information content (AvgIpc) is 2.52. The maximum Gasteiger partial charge on any atom is 0.229 e. The number of nitrogens with zero attached hydrogens (tertiary/aromatic N) is 2. The van der Waals surface area contributed by atoms with Gasteiger partial charge in [-0.2, -0.15) is 9.97 Å². The molecule has 0 fully saturated rings. The SMILES string of the molecule is COc1cc(OC)nc(NCc2ccc(OC)c(N)c2)n1. The van der Waals surface area contributed by atoms with Gasteiger partial charge in [0.05, 0.1) is 33.1 Å². The molecule has 0 atom stereocenters. The van der Waals surface area contributed by atoms with Crippen molar-refractivity contribution in [2.75, 3.05) is 32.4 Å². The van der Waals surface area contributed by atoms with E-state index in [0.29, 0.717) is 35.7 Å². The van der Waals surface area contributed by atoms with Crippen molar-refractivity contribution in [3.8, 4) is 17.5 Å². The Morgan fingerprint density at radius 2 is 1.67 bits per heavy atom. The molecular formula is C14H18N4O3. The van der Waals surface area contributed by atoms with Gasteiger partial charge in [0.2, 0.25) is 17.7 Å². The molecule has 1 heterocycles. The highest BCUT2D eigenvalue weighted by Gasteiger charge is 2.06. The molecule has 0 radical (unpaired) electrons. The van der Waals surface area contributed by atoms with Crippen molar-refractivity contribution in [2.24, 2.45) is 0 Å². The fraction of sp³-hybridized carbons (Fsp3) is 0.286. The van der Waals surface area contributed by atoms with E-state index < -0.39 is 0 Å². The maximum atomic E-state index is 5.87. The Labute approximate surface area is 123 Å². The minimum absolute atomic E-state index is 0.417. The topological polar surface area (TPSA) is 91.5 Å². The second kappa shape index (κ2) is 6.65. The van der Waals surface area contributed by atoms with Crippen molar-refractivity contribution in [3.63, 3.8) is 0 Å². The number of nitrogens with two attached hydrogens (primary N) is 1. The van der Waals surface area contributed by atoms with E-state index >= 15 is 0 Å². The van der Waals surface area contributed by atoms with Crippen molar-refractivity contribution in [3.05, 3.63) is 29.8 Å². The molecule has 21 heavy (non-hydrogen) atoms. The lowest BCUT2D eigenvalue weighted by Gasteiger charge is -2.10. The van der Waals surface area contributed by atoms with Crippen LogP contribution in [0.1, 0.15) is 5.56 Å². The molecule has 0 bridgehead atoms. The molecule has 3 N–H and O–H groups in total. The van der Waals surface area contributed by atoms with Crippen LogP contribution >= 0.6 is 0 Å². The van der Waals surface area contributed by atoms with Crippen LogP contribution in [0, 0.1) is 0 Å². The van der Waals surface area contributed by atoms with E-state index in [1.807, 2.05) is 18.2 Å². The van der Waals surface area contributed by atoms with E-state index in [4.69, 9.17) is 19.9 Å². The second-order valence-corrected chi connectivity index (χ2v) is 4.21. The molecule has 0 amide bonds. The molecular weight excluding hydrogens is 272 g/mol. The van der Waals surface area contributed by atoms with Crippen molar-refractivity contribution in [1.82, 2.24) is 9.97 Å². The van der Waals surface area contributed by atoms with E-state index in [-0.39, 0.29) is 0 Å². The summed E-state index contributed by atoms with van der Waals surface area (Å²) in [6.45, 7) is 0.518. The quantitative estimate of drug-likeness (QED) is 0.782. The molecule has 7 nitrogen and oxygen atoms in total. The van der Waals surface area contributed by atoms with Crippen LogP contribution in [0.2, 0.25) is 0 Å². The summed E-state index contributed by atoms with van der Waals surface area (Å²) >= 11 is 0. The summed E-state index contributed by atoms with van der Waals surface area (Å²) < 4.78 is 15.3. The highest BCUT2D eigenvalue weighted by atomic mass is 16.5. The Kier molecular flexibility index (Phi) is 4.65. The van der Waals surface area contributed by atoms with Crippen LogP contribution in [-0.4, -0.2) is 31.3 Å². The zero-order chi connectivity index (χ0) is 15.2. The Bertz CT molecular complexity index is 597. The highest BCUT2D eigenvalue weighted by Crippen LogP contribution is 2.23. The molecule has 112 valence electrons. The van der Waals surface area contributed by atoms with Gasteiger partial charge in [-0.05, 0) is 17.7 Å². The second-order valence-electron chi connectivity index (χ2n) is 4.21. The third-order valence-corrected chi connectivity index (χ3v) is 2.84. The van der Waals surface area contributed by atoms with Gasteiger partial charge in [-0.3, -0.25) is 0 Å². The van der Waals surface area contributed by atoms with Gasteiger partial charge in [-0.15, -0.1) is 0 Å². The number of nitrogen functional groups attached to an aromatic ring is 1. The van der Waals surface area contributed by atoms with Crippen LogP contribution in [-0.2, 0) is 6.54 Å². The molecule has 2 aromatic rings. The zero-order valence-electron chi connectivity index (χ0n) is 12.2. The average molecular weight is 290 g/mol. The molecule has 1 aromatic carbocycles. The molecule has 7 heteroatoms. The van der Waals surface area contributed by atoms with E-state index in [9.17, 15) is 0 Å². The third-order valence-electron chi connectivity index (χ3n) is 2.84. The summed E-state index contributed by atoms with van der Waals surface area (Å²) in [6.07, 6.45) is 0. The monoisotopic (exact) mass is 290 g/mol. The Hall–Kier alpha value is -2.70. The molecule has 0 aliphatic carbocycles. The lowest BCUT2D eigenvalue weighted by atomic mass is 10.2. The van der Waals surface area contributed by atoms with Gasteiger partial charge in [0, 0.05) is 6.54 Å². The molecule has 0 aliphatic heterocycles. The van der Waals surface area contributed by atoms with Crippen molar-refractivity contribution >= 4 is 11.6 Å². The minimum atomic E-state index is 0.417. The lowest BCUT2D eigenvalue weighted by Crippen LogP contribution is -2.06. The number of anilines is 2. The molecule has 0 saturated carbocycles. The fourth-order valence-corrected chi connectivity index (χ4v) is 1.77. The van der Waals surface area contributed by atoms with Gasteiger partial charge in [-0.25, -0.2) is 0 Å². The molecule has 0 aliphatic rings. The van der Waals surface area contributed by atoms with E-state index in [0.717, 1.165) is 5.56 Å². The van der Waals surface area contributed by atoms with Crippen molar-refractivity contribution in [2.45, 2.75) is 6.54 Å². The van der Waals surface area contributed by atoms with Gasteiger partial charge in [-0.1, -0.05) is 6.07 Å². The van der Waals surface area contributed by atoms with Gasteiger partial charge in [0.1, 0.15) is 5.75 Å². The first-order chi connectivity index (χ1) is 10.2. The van der Waals surface area contributed by atoms with Gasteiger partial charge in [0.15, 0.2) is 0 Å². The Balaban J connectivity index is 2.10. The van der Waals surface area contributed by atoms with E-state index in [1.54, 1.807) is 13.2 Å². The van der Waals surface area contributed by atoms with Crippen LogP contribution in [0.5, 0.6) is 17.5 Å². The first kappa shape index (κ1) is 14.7. The Morgan fingerprint density at radius 3 is 2.19 bits per heavy atom. The highest BCUT2D eigenvalue weighted by molar-refractivity contribution is 5.54. The van der Waals surface area contributed by atoms with Gasteiger partial charge < -0.3 is 25.3 Å². The normalized spacial score (nSPS) is 10.0. The van der Waals surface area contributed by atoms with Crippen LogP contribution in [0.15, 0.2) is 24.3 Å². The van der Waals surface area contributed by atoms with Crippen LogP contribution in [0.3, 0.4) is 0 Å². The van der Waals surface area contributed by atoms with Crippen LogP contribution in [0.25, 0.3) is 0 Å². The van der Waals surface area contributed by atoms with E-state index in [1.165, 1.54) is 14.2 Å². The number of aromatic nitrogens is 2. The third kappa shape index (κ3) is 3.65. The maximum absolute atomic E-state index is 5.87. The van der Waals surface area contributed by atoms with Crippen LogP contribution in [0.4, 0.5) is 11.6 Å². The summed E-state index contributed by atoms with van der Waals surface area (Å²) in [7, 11) is 4.66. The molecule has 2 rings (SSSR count). The number of benzene rings is 1. The summed E-state index contributed by atoms with van der Waals surface area (Å²) in [5.41, 5.74) is 7.44. The van der Waals surface area contributed by atoms with Gasteiger partial charge >= 0.3 is 0 Å². The lowest BCUT2D eigenvalue weighted by molar-refractivity contribution is 0.373. The molecule has 1 aromatic heterocycles. The zero-order valence-corrected chi connectivity index (χ0v) is 12.2. The van der Waals surface area contributed by atoms with Crippen LogP contribution < -0.4 is 25.3 Å². The predicted molar refractivity (Wildman–Crippen MR) is 79.9 cm³/mol. The first-order valence-electron chi connectivity index (χ1n) is 6.29. The predicted octanol–water partition coefficient (Wildman–Crippen LogP) is 1.70. The van der Waals surface area contributed by atoms with E-state index in [2.05, 4.69) is 15.3 Å². The number of rotatable bonds is 6. The molecule has 0 saturated heterocycles. The fourth-order valence-electron chi connectivity index (χ4n) is 1.77. The molecule has 0 spiro atoms. The summed E-state index contributed by atoms with van der Waals surface area (Å²) in [5, 5.41) is 3.10. The first-order valence-corrected chi connectivity index (χ1v) is 6.29. The largest absolute Gasteiger partial charge is 0.495 e. The Morgan fingerprint density at radius 1 is 1.00 bits per heavy atom. The number of ether oxygens (including phenoxy) is 3. The smallest absolute Gasteiger partial charge is 0.229 e. The van der Waals surface area contributed by atoms with Crippen molar-refractivity contribution < 1.29 is 14.2 Å². The number of hydrogen-bond donors (Lipinski definition) is 2. The molecule has 0 unspecified atom stereocenters. The van der Waals surface area contributed by atoms with Crippen molar-refractivity contribution in [1.29, 1.82) is 0 Å². The summed E-state index contributed by atoms with van der Waals surface area (Å²) in [5.74, 6) is 1.93. The number of nitrogens with one attached hydrogen (secondary N) is 1. The summed E-state index contributed by atoms with van der Waals surface area (Å²) in [4.78, 5) is 8.38. The number of hydrogen-bond acceptors (Lipinski definition) is 7. The standard InChI is InChI=1S/C14H18N4O3/c1-19-11-5-4-9(6-10(11)15)8-16-14-17-12(20-2)7-13(18-14)21-3/h4-7H,8,15H2,1-3H3,(H,16,17,18). The number of methoxy groups -OCH3 is 3. The summed E-state index contributed by atoms with van der Waals surface area (Å²) in [6, 6.07) is 7.18.